The second-order valence-electron chi connectivity index (χ2n) is 8.76. The van der Waals surface area contributed by atoms with Crippen molar-refractivity contribution in [3.05, 3.63) is 59.7 Å². The van der Waals surface area contributed by atoms with E-state index >= 15 is 0 Å². The van der Waals surface area contributed by atoms with Crippen molar-refractivity contribution in [2.24, 2.45) is 5.92 Å². The summed E-state index contributed by atoms with van der Waals surface area (Å²) in [5.41, 5.74) is 1.63. The quantitative estimate of drug-likeness (QED) is 0.486. The summed E-state index contributed by atoms with van der Waals surface area (Å²) in [6.45, 7) is 5.89. The maximum Gasteiger partial charge on any atom is 0.329 e. The number of morpholine rings is 1. The number of esters is 1. The first-order chi connectivity index (χ1) is 17.1. The Bertz CT molecular complexity index is 1210. The normalized spacial score (nSPS) is 15.2. The summed E-state index contributed by atoms with van der Waals surface area (Å²) in [6.07, 6.45) is 0. The summed E-state index contributed by atoms with van der Waals surface area (Å²) in [6, 6.07) is 11.8. The van der Waals surface area contributed by atoms with Gasteiger partial charge < -0.3 is 20.1 Å². The molecule has 0 unspecified atom stereocenters. The van der Waals surface area contributed by atoms with Gasteiger partial charge in [-0.3, -0.25) is 9.59 Å². The van der Waals surface area contributed by atoms with Crippen LogP contribution in [0, 0.1) is 12.8 Å². The lowest BCUT2D eigenvalue weighted by Gasteiger charge is -2.26. The van der Waals surface area contributed by atoms with E-state index in [1.54, 1.807) is 32.0 Å². The lowest BCUT2D eigenvalue weighted by Crippen LogP contribution is -2.46. The predicted octanol–water partition coefficient (Wildman–Crippen LogP) is 1.95. The maximum atomic E-state index is 12.9. The zero-order chi connectivity index (χ0) is 26.3. The third-order valence-corrected chi connectivity index (χ3v) is 7.45. The Kier molecular flexibility index (Phi) is 9.19. The molecule has 1 aliphatic heterocycles. The fourth-order valence-electron chi connectivity index (χ4n) is 3.60. The van der Waals surface area contributed by atoms with Gasteiger partial charge in [-0.05, 0) is 48.7 Å². The third kappa shape index (κ3) is 7.12. The molecule has 194 valence electrons. The van der Waals surface area contributed by atoms with Crippen LogP contribution in [-0.4, -0.2) is 69.5 Å². The summed E-state index contributed by atoms with van der Waals surface area (Å²) < 4.78 is 37.5. The van der Waals surface area contributed by atoms with Gasteiger partial charge in [0, 0.05) is 24.3 Å². The number of hydrogen-bond acceptors (Lipinski definition) is 7. The van der Waals surface area contributed by atoms with Crippen LogP contribution >= 0.6 is 0 Å². The van der Waals surface area contributed by atoms with Crippen molar-refractivity contribution in [2.75, 3.05) is 38.2 Å². The van der Waals surface area contributed by atoms with Gasteiger partial charge in [0.2, 0.25) is 10.0 Å². The zero-order valence-corrected chi connectivity index (χ0v) is 21.3. The van der Waals surface area contributed by atoms with Crippen molar-refractivity contribution in [3.63, 3.8) is 0 Å². The van der Waals surface area contributed by atoms with E-state index in [9.17, 15) is 22.8 Å². The Hall–Kier alpha value is -3.28. The molecule has 36 heavy (non-hydrogen) atoms. The van der Waals surface area contributed by atoms with Gasteiger partial charge in [-0.2, -0.15) is 4.31 Å². The fraction of sp³-hybridized carbons (Fsp3) is 0.400. The summed E-state index contributed by atoms with van der Waals surface area (Å²) in [7, 11) is -3.79. The SMILES string of the molecule is Cc1cccc(NC(=O)COC(=O)[C@@H](NC(=O)c2cccc(S(=O)(=O)N3CCOCC3)c2)C(C)C)c1. The highest BCUT2D eigenvalue weighted by Crippen LogP contribution is 2.19. The number of carbonyl (C=O) groups is 3. The minimum Gasteiger partial charge on any atom is -0.454 e. The van der Waals surface area contributed by atoms with Crippen molar-refractivity contribution in [3.8, 4) is 0 Å². The molecule has 1 atom stereocenters. The van der Waals surface area contributed by atoms with Crippen LogP contribution in [-0.2, 0) is 29.1 Å². The minimum atomic E-state index is -3.79. The molecule has 2 aromatic carbocycles. The summed E-state index contributed by atoms with van der Waals surface area (Å²) >= 11 is 0. The molecule has 0 spiro atoms. The van der Waals surface area contributed by atoms with Crippen LogP contribution in [0.3, 0.4) is 0 Å². The van der Waals surface area contributed by atoms with Gasteiger partial charge in [0.15, 0.2) is 6.61 Å². The molecule has 3 rings (SSSR count). The van der Waals surface area contributed by atoms with Crippen LogP contribution in [0.5, 0.6) is 0 Å². The van der Waals surface area contributed by atoms with E-state index in [-0.39, 0.29) is 29.5 Å². The van der Waals surface area contributed by atoms with E-state index < -0.39 is 40.5 Å². The molecule has 1 saturated heterocycles. The number of nitrogens with one attached hydrogen (secondary N) is 2. The number of carbonyl (C=O) groups excluding carboxylic acids is 3. The number of nitrogens with zero attached hydrogens (tertiary/aromatic N) is 1. The Morgan fingerprint density at radius 3 is 2.42 bits per heavy atom. The van der Waals surface area contributed by atoms with E-state index in [1.165, 1.54) is 28.6 Å². The maximum absolute atomic E-state index is 12.9. The first kappa shape index (κ1) is 27.3. The molecule has 2 N–H and O–H groups in total. The third-order valence-electron chi connectivity index (χ3n) is 5.56. The molecule has 0 aliphatic carbocycles. The highest BCUT2D eigenvalue weighted by Gasteiger charge is 2.29. The Morgan fingerprint density at radius 1 is 1.06 bits per heavy atom. The molecule has 0 aromatic heterocycles. The van der Waals surface area contributed by atoms with Crippen LogP contribution < -0.4 is 10.6 Å². The van der Waals surface area contributed by atoms with Crippen LogP contribution in [0.15, 0.2) is 53.4 Å². The number of amides is 2. The van der Waals surface area contributed by atoms with E-state index in [1.807, 2.05) is 13.0 Å². The summed E-state index contributed by atoms with van der Waals surface area (Å²) in [5.74, 6) is -2.26. The van der Waals surface area contributed by atoms with E-state index in [2.05, 4.69) is 10.6 Å². The van der Waals surface area contributed by atoms with E-state index in [4.69, 9.17) is 9.47 Å². The van der Waals surface area contributed by atoms with Gasteiger partial charge >= 0.3 is 5.97 Å². The molecular weight excluding hydrogens is 486 g/mol. The topological polar surface area (TPSA) is 131 Å². The van der Waals surface area contributed by atoms with Crippen LogP contribution in [0.1, 0.15) is 29.8 Å². The molecule has 0 saturated carbocycles. The lowest BCUT2D eigenvalue weighted by atomic mass is 10.0. The van der Waals surface area contributed by atoms with Gasteiger partial charge in [-0.25, -0.2) is 13.2 Å². The predicted molar refractivity (Wildman–Crippen MR) is 133 cm³/mol. The summed E-state index contributed by atoms with van der Waals surface area (Å²) in [5, 5.41) is 5.25. The molecule has 10 nitrogen and oxygen atoms in total. The summed E-state index contributed by atoms with van der Waals surface area (Å²) in [4.78, 5) is 37.7. The number of sulfonamides is 1. The lowest BCUT2D eigenvalue weighted by molar-refractivity contribution is -0.150. The van der Waals surface area contributed by atoms with Crippen molar-refractivity contribution >= 4 is 33.5 Å². The van der Waals surface area contributed by atoms with Crippen molar-refractivity contribution < 1.29 is 32.3 Å². The monoisotopic (exact) mass is 517 g/mol. The first-order valence-corrected chi connectivity index (χ1v) is 13.0. The molecule has 2 aromatic rings. The largest absolute Gasteiger partial charge is 0.454 e. The van der Waals surface area contributed by atoms with Gasteiger partial charge in [0.05, 0.1) is 18.1 Å². The molecule has 1 fully saturated rings. The Labute approximate surface area is 211 Å². The average molecular weight is 518 g/mol. The van der Waals surface area contributed by atoms with Gasteiger partial charge in [0.1, 0.15) is 6.04 Å². The number of ether oxygens (including phenoxy) is 2. The Morgan fingerprint density at radius 2 is 1.75 bits per heavy atom. The smallest absolute Gasteiger partial charge is 0.329 e. The van der Waals surface area contributed by atoms with Crippen molar-refractivity contribution in [1.82, 2.24) is 9.62 Å². The highest BCUT2D eigenvalue weighted by molar-refractivity contribution is 7.89. The number of rotatable bonds is 9. The molecule has 1 aliphatic rings. The Balaban J connectivity index is 1.63. The van der Waals surface area contributed by atoms with E-state index in [0.717, 1.165) is 5.56 Å². The number of hydrogen-bond donors (Lipinski definition) is 2. The first-order valence-electron chi connectivity index (χ1n) is 11.6. The van der Waals surface area contributed by atoms with Crippen molar-refractivity contribution in [2.45, 2.75) is 31.7 Å². The van der Waals surface area contributed by atoms with Crippen LogP contribution in [0.25, 0.3) is 0 Å². The highest BCUT2D eigenvalue weighted by atomic mass is 32.2. The number of anilines is 1. The van der Waals surface area contributed by atoms with Crippen LogP contribution in [0.4, 0.5) is 5.69 Å². The van der Waals surface area contributed by atoms with Gasteiger partial charge in [-0.15, -0.1) is 0 Å². The van der Waals surface area contributed by atoms with Gasteiger partial charge in [0.25, 0.3) is 11.8 Å². The van der Waals surface area contributed by atoms with Crippen LogP contribution in [0.2, 0.25) is 0 Å². The average Bonchev–Trinajstić information content (AvgIpc) is 2.86. The minimum absolute atomic E-state index is 0.0199. The van der Waals surface area contributed by atoms with Gasteiger partial charge in [-0.1, -0.05) is 32.0 Å². The molecule has 1 heterocycles. The number of benzene rings is 2. The van der Waals surface area contributed by atoms with E-state index in [0.29, 0.717) is 18.9 Å². The second-order valence-corrected chi connectivity index (χ2v) is 10.7. The second kappa shape index (κ2) is 12.1. The molecule has 0 bridgehead atoms. The molecular formula is C25H31N3O7S. The number of aryl methyl sites for hydroxylation is 1. The molecule has 0 radical (unpaired) electrons. The molecule has 11 heteroatoms. The molecule has 2 amide bonds. The standard InChI is InChI=1S/C25H31N3O7S/c1-17(2)23(25(31)35-16-22(29)26-20-8-4-6-18(3)14-20)27-24(30)19-7-5-9-21(15-19)36(32,33)28-10-12-34-13-11-28/h4-9,14-15,17,23H,10-13,16H2,1-3H3,(H,26,29)(H,27,30)/t23-/m0/s1. The van der Waals surface area contributed by atoms with Crippen molar-refractivity contribution in [1.29, 1.82) is 0 Å². The zero-order valence-electron chi connectivity index (χ0n) is 20.5. The fourth-order valence-corrected chi connectivity index (χ4v) is 5.06.